The molecule has 2 aliphatic heterocycles. The number of hydrogen-bond acceptors (Lipinski definition) is 6. The summed E-state index contributed by atoms with van der Waals surface area (Å²) in [7, 11) is -1.04. The number of aromatic nitrogens is 3. The van der Waals surface area contributed by atoms with E-state index < -0.39 is 16.5 Å². The van der Waals surface area contributed by atoms with E-state index in [9.17, 15) is 13.8 Å². The minimum absolute atomic E-state index is 0.241. The molecule has 136 valence electrons. The van der Waals surface area contributed by atoms with Gasteiger partial charge in [0.05, 0.1) is 17.0 Å². The minimum atomic E-state index is -1.04. The zero-order valence-electron chi connectivity index (χ0n) is 14.4. The summed E-state index contributed by atoms with van der Waals surface area (Å²) in [6, 6.07) is 9.14. The van der Waals surface area contributed by atoms with Gasteiger partial charge in [0.1, 0.15) is 29.2 Å². The minimum Gasteiger partial charge on any atom is -0.335 e. The molecule has 1 aromatic carbocycles. The van der Waals surface area contributed by atoms with Gasteiger partial charge in [-0.1, -0.05) is 12.1 Å². The van der Waals surface area contributed by atoms with E-state index in [2.05, 4.69) is 20.6 Å². The predicted molar refractivity (Wildman–Crippen MR) is 102 cm³/mol. The van der Waals surface area contributed by atoms with Crippen molar-refractivity contribution < 1.29 is 9.00 Å². The number of amides is 1. The van der Waals surface area contributed by atoms with E-state index in [1.54, 1.807) is 13.0 Å². The summed E-state index contributed by atoms with van der Waals surface area (Å²) < 4.78 is 13.2. The molecule has 27 heavy (non-hydrogen) atoms. The Balaban J connectivity index is 1.67. The third kappa shape index (κ3) is 2.24. The van der Waals surface area contributed by atoms with Crippen LogP contribution in [0.2, 0.25) is 0 Å². The first-order chi connectivity index (χ1) is 13.0. The second-order valence-electron chi connectivity index (χ2n) is 6.81. The van der Waals surface area contributed by atoms with Gasteiger partial charge in [0.25, 0.3) is 11.5 Å². The first kappa shape index (κ1) is 16.1. The van der Waals surface area contributed by atoms with Crippen LogP contribution in [0.3, 0.4) is 0 Å². The third-order valence-corrected chi connectivity index (χ3v) is 6.58. The van der Waals surface area contributed by atoms with E-state index in [4.69, 9.17) is 0 Å². The monoisotopic (exact) mass is 381 g/mol. The molecule has 1 amide bonds. The van der Waals surface area contributed by atoms with E-state index in [-0.39, 0.29) is 23.0 Å². The summed E-state index contributed by atoms with van der Waals surface area (Å²) in [6.07, 6.45) is 1.43. The van der Waals surface area contributed by atoms with Gasteiger partial charge in [-0.05, 0) is 30.7 Å². The number of carbonyl (C=O) groups is 1. The number of aryl methyl sites for hydroxylation is 1. The van der Waals surface area contributed by atoms with Crippen LogP contribution in [-0.4, -0.2) is 36.2 Å². The number of rotatable bonds is 2. The lowest BCUT2D eigenvalue weighted by Crippen LogP contribution is -2.62. The Morgan fingerprint density at radius 3 is 2.78 bits per heavy atom. The number of anilines is 2. The highest BCUT2D eigenvalue weighted by molar-refractivity contribution is 7.86. The van der Waals surface area contributed by atoms with Gasteiger partial charge in [0, 0.05) is 16.2 Å². The molecule has 1 fully saturated rings. The lowest BCUT2D eigenvalue weighted by atomic mass is 10.1. The van der Waals surface area contributed by atoms with E-state index >= 15 is 0 Å². The molecule has 1 saturated heterocycles. The lowest BCUT2D eigenvalue weighted by molar-refractivity contribution is 0.0932. The van der Waals surface area contributed by atoms with Gasteiger partial charge in [0.2, 0.25) is 0 Å². The van der Waals surface area contributed by atoms with Crippen LogP contribution in [0.25, 0.3) is 10.9 Å². The summed E-state index contributed by atoms with van der Waals surface area (Å²) in [5.74, 6) is 0.692. The summed E-state index contributed by atoms with van der Waals surface area (Å²) in [5.41, 5.74) is 0.847. The van der Waals surface area contributed by atoms with Crippen molar-refractivity contribution in [2.75, 3.05) is 16.8 Å². The van der Waals surface area contributed by atoms with Crippen LogP contribution < -0.4 is 16.2 Å². The van der Waals surface area contributed by atoms with Gasteiger partial charge in [-0.2, -0.15) is 0 Å². The molecule has 2 aliphatic rings. The Morgan fingerprint density at radius 1 is 1.22 bits per heavy atom. The van der Waals surface area contributed by atoms with Crippen molar-refractivity contribution in [3.8, 4) is 0 Å². The molecule has 3 aromatic rings. The molecular weight excluding hydrogens is 366 g/mol. The Hall–Kier alpha value is -3.07. The fourth-order valence-corrected chi connectivity index (χ4v) is 5.16. The van der Waals surface area contributed by atoms with Gasteiger partial charge < -0.3 is 10.6 Å². The van der Waals surface area contributed by atoms with Crippen molar-refractivity contribution in [1.29, 1.82) is 0 Å². The highest BCUT2D eigenvalue weighted by Gasteiger charge is 2.53. The molecule has 0 atom stereocenters. The smallest absolute Gasteiger partial charge is 0.276 e. The summed E-state index contributed by atoms with van der Waals surface area (Å²) in [6.45, 7) is 1.78. The largest absolute Gasteiger partial charge is 0.335 e. The van der Waals surface area contributed by atoms with Crippen molar-refractivity contribution in [2.24, 2.45) is 0 Å². The maximum absolute atomic E-state index is 13.2. The zero-order chi connectivity index (χ0) is 18.8. The third-order valence-electron chi connectivity index (χ3n) is 4.98. The number of carbonyl (C=O) groups excluding carboxylic acids is 1. The standard InChI is InChI=1S/C18H15N5O3S/c1-10-6-13(21-15-11-4-2-3-5-12(11)19-9-20-15)17(25)23-14(10)16(24)22-18(23)7-27(26)8-18/h2-6,9H,7-8H2,1H3,(H,22,24)(H,19,20,21). The van der Waals surface area contributed by atoms with Crippen molar-refractivity contribution in [3.63, 3.8) is 0 Å². The molecule has 4 heterocycles. The van der Waals surface area contributed by atoms with E-state index in [0.29, 0.717) is 22.8 Å². The van der Waals surface area contributed by atoms with Crippen molar-refractivity contribution >= 4 is 39.1 Å². The van der Waals surface area contributed by atoms with Gasteiger partial charge in [-0.3, -0.25) is 18.4 Å². The molecule has 0 aliphatic carbocycles. The van der Waals surface area contributed by atoms with Crippen LogP contribution in [0.4, 0.5) is 11.5 Å². The van der Waals surface area contributed by atoms with Crippen LogP contribution in [-0.2, 0) is 16.5 Å². The lowest BCUT2D eigenvalue weighted by Gasteiger charge is -2.38. The fraction of sp³-hybridized carbons (Fsp3) is 0.222. The van der Waals surface area contributed by atoms with E-state index in [0.717, 1.165) is 10.9 Å². The normalized spacial score (nSPS) is 23.1. The van der Waals surface area contributed by atoms with E-state index in [1.807, 2.05) is 24.3 Å². The van der Waals surface area contributed by atoms with E-state index in [1.165, 1.54) is 10.9 Å². The molecule has 0 unspecified atom stereocenters. The number of pyridine rings is 1. The van der Waals surface area contributed by atoms with Crippen molar-refractivity contribution in [2.45, 2.75) is 12.6 Å². The maximum Gasteiger partial charge on any atom is 0.276 e. The average Bonchev–Trinajstić information content (AvgIpc) is 2.93. The first-order valence-corrected chi connectivity index (χ1v) is 9.89. The molecule has 5 rings (SSSR count). The first-order valence-electron chi connectivity index (χ1n) is 8.40. The second kappa shape index (κ2) is 5.46. The Morgan fingerprint density at radius 2 is 2.00 bits per heavy atom. The fourth-order valence-electron chi connectivity index (χ4n) is 3.77. The maximum atomic E-state index is 13.2. The van der Waals surface area contributed by atoms with Crippen LogP contribution >= 0.6 is 0 Å². The Kier molecular flexibility index (Phi) is 3.26. The molecule has 8 nitrogen and oxygen atoms in total. The predicted octanol–water partition coefficient (Wildman–Crippen LogP) is 1.00. The van der Waals surface area contributed by atoms with Gasteiger partial charge in [-0.15, -0.1) is 0 Å². The summed E-state index contributed by atoms with van der Waals surface area (Å²) in [5, 5.41) is 6.73. The molecular formula is C18H15N5O3S. The molecule has 2 N–H and O–H groups in total. The topological polar surface area (TPSA) is 106 Å². The second-order valence-corrected chi connectivity index (χ2v) is 8.27. The average molecular weight is 381 g/mol. The van der Waals surface area contributed by atoms with Crippen LogP contribution in [0.1, 0.15) is 16.1 Å². The van der Waals surface area contributed by atoms with Gasteiger partial charge >= 0.3 is 0 Å². The van der Waals surface area contributed by atoms with Crippen LogP contribution in [0.15, 0.2) is 41.5 Å². The Bertz CT molecular complexity index is 1210. The molecule has 0 saturated carbocycles. The molecule has 0 bridgehead atoms. The van der Waals surface area contributed by atoms with Crippen LogP contribution in [0, 0.1) is 6.92 Å². The highest BCUT2D eigenvalue weighted by Crippen LogP contribution is 2.33. The molecule has 2 aromatic heterocycles. The van der Waals surface area contributed by atoms with Gasteiger partial charge in [0.15, 0.2) is 0 Å². The van der Waals surface area contributed by atoms with Gasteiger partial charge in [-0.25, -0.2) is 9.97 Å². The number of benzene rings is 1. The number of para-hydroxylation sites is 1. The molecule has 0 radical (unpaired) electrons. The van der Waals surface area contributed by atoms with Crippen LogP contribution in [0.5, 0.6) is 0 Å². The SMILES string of the molecule is Cc1cc(Nc2ncnc3ccccc23)c(=O)n2c1C(=O)NC21CS(=O)C1. The number of fused-ring (bicyclic) bond motifs is 3. The van der Waals surface area contributed by atoms with Crippen molar-refractivity contribution in [1.82, 2.24) is 19.9 Å². The highest BCUT2D eigenvalue weighted by atomic mass is 32.2. The Labute approximate surface area is 156 Å². The summed E-state index contributed by atoms with van der Waals surface area (Å²) >= 11 is 0. The zero-order valence-corrected chi connectivity index (χ0v) is 15.2. The number of nitrogens with zero attached hydrogens (tertiary/aromatic N) is 3. The summed E-state index contributed by atoms with van der Waals surface area (Å²) in [4.78, 5) is 34.1. The van der Waals surface area contributed by atoms with Crippen molar-refractivity contribution in [3.05, 3.63) is 58.3 Å². The number of nitrogens with one attached hydrogen (secondary N) is 2. The number of hydrogen-bond donors (Lipinski definition) is 2. The molecule has 1 spiro atoms. The molecule has 9 heteroatoms. The quantitative estimate of drug-likeness (QED) is 0.686.